The van der Waals surface area contributed by atoms with Crippen molar-refractivity contribution in [1.29, 1.82) is 0 Å². The lowest BCUT2D eigenvalue weighted by atomic mass is 9.82. The van der Waals surface area contributed by atoms with Gasteiger partial charge in [0.25, 0.3) is 11.8 Å². The number of fused-ring (bicyclic) bond motifs is 1. The molecule has 6 nitrogen and oxygen atoms in total. The van der Waals surface area contributed by atoms with Crippen molar-refractivity contribution in [2.24, 2.45) is 5.92 Å². The molecular weight excluding hydrogens is 408 g/mol. The minimum atomic E-state index is 0.0318. The first-order chi connectivity index (χ1) is 15.2. The Hall–Kier alpha value is -3.06. The summed E-state index contributed by atoms with van der Waals surface area (Å²) < 4.78 is 6.06. The third-order valence-electron chi connectivity index (χ3n) is 6.02. The van der Waals surface area contributed by atoms with Gasteiger partial charge in [-0.3, -0.25) is 9.78 Å². The van der Waals surface area contributed by atoms with Gasteiger partial charge in [0, 0.05) is 24.0 Å². The van der Waals surface area contributed by atoms with Crippen LogP contribution in [0.3, 0.4) is 0 Å². The molecule has 4 aromatic rings. The number of pyridine rings is 1. The molecule has 0 radical (unpaired) electrons. The number of nitrogens with one attached hydrogen (secondary N) is 1. The highest BCUT2D eigenvalue weighted by Gasteiger charge is 2.27. The third kappa shape index (κ3) is 4.23. The summed E-state index contributed by atoms with van der Waals surface area (Å²) in [6, 6.07) is 12.0. The van der Waals surface area contributed by atoms with Crippen LogP contribution in [-0.4, -0.2) is 27.6 Å². The molecule has 1 aliphatic carbocycles. The van der Waals surface area contributed by atoms with E-state index in [1.807, 2.05) is 42.6 Å². The second-order valence-electron chi connectivity index (χ2n) is 8.24. The summed E-state index contributed by atoms with van der Waals surface area (Å²) in [5.41, 5.74) is 1.87. The lowest BCUT2D eigenvalue weighted by molar-refractivity contribution is 0.0946. The summed E-state index contributed by atoms with van der Waals surface area (Å²) in [6.07, 6.45) is 5.84. The maximum Gasteiger partial charge on any atom is 0.266 e. The lowest BCUT2D eigenvalue weighted by Crippen LogP contribution is -2.30. The molecule has 0 saturated heterocycles. The van der Waals surface area contributed by atoms with Gasteiger partial charge < -0.3 is 9.73 Å². The molecule has 7 heteroatoms. The first-order valence-electron chi connectivity index (χ1n) is 10.7. The Bertz CT molecular complexity index is 1200. The molecule has 31 heavy (non-hydrogen) atoms. The molecule has 1 aliphatic rings. The largest absolute Gasteiger partial charge is 0.419 e. The van der Waals surface area contributed by atoms with Crippen LogP contribution in [0.15, 0.2) is 52.4 Å². The lowest BCUT2D eigenvalue weighted by Gasteiger charge is -2.26. The van der Waals surface area contributed by atoms with Gasteiger partial charge in [-0.05, 0) is 67.0 Å². The molecule has 1 saturated carbocycles. The van der Waals surface area contributed by atoms with E-state index in [1.165, 1.54) is 11.3 Å². The second-order valence-corrected chi connectivity index (χ2v) is 9.15. The average molecular weight is 433 g/mol. The van der Waals surface area contributed by atoms with Crippen molar-refractivity contribution in [1.82, 2.24) is 20.5 Å². The number of rotatable bonds is 5. The standard InChI is InChI=1S/C24H24N4O2S/c1-15-12-20(31-14-15)22(29)26-13-16-6-8-18(9-7-16)23-27-28-24(30-23)21-19-5-3-2-4-17(19)10-11-25-21/h2-5,10-12,14,16,18H,6-9,13H2,1H3,(H,26,29). The first-order valence-corrected chi connectivity index (χ1v) is 11.6. The van der Waals surface area contributed by atoms with Gasteiger partial charge in [-0.2, -0.15) is 0 Å². The van der Waals surface area contributed by atoms with Gasteiger partial charge in [-0.1, -0.05) is 24.3 Å². The number of thiophene rings is 1. The van der Waals surface area contributed by atoms with Crippen LogP contribution in [-0.2, 0) is 0 Å². The van der Waals surface area contributed by atoms with Crippen molar-refractivity contribution in [3.63, 3.8) is 0 Å². The van der Waals surface area contributed by atoms with Crippen molar-refractivity contribution in [2.75, 3.05) is 6.54 Å². The van der Waals surface area contributed by atoms with Gasteiger partial charge in [0.1, 0.15) is 5.69 Å². The molecule has 0 unspecified atom stereocenters. The topological polar surface area (TPSA) is 80.9 Å². The zero-order valence-corrected chi connectivity index (χ0v) is 18.2. The number of hydrogen-bond acceptors (Lipinski definition) is 6. The molecule has 0 atom stereocenters. The van der Waals surface area contributed by atoms with E-state index < -0.39 is 0 Å². The van der Waals surface area contributed by atoms with E-state index in [4.69, 9.17) is 4.42 Å². The fourth-order valence-electron chi connectivity index (χ4n) is 4.27. The molecule has 0 spiro atoms. The fourth-order valence-corrected chi connectivity index (χ4v) is 5.09. The Balaban J connectivity index is 1.20. The number of carbonyl (C=O) groups excluding carboxylic acids is 1. The maximum atomic E-state index is 12.3. The van der Waals surface area contributed by atoms with E-state index in [9.17, 15) is 4.79 Å². The molecule has 0 aliphatic heterocycles. The zero-order valence-electron chi connectivity index (χ0n) is 17.4. The van der Waals surface area contributed by atoms with E-state index >= 15 is 0 Å². The third-order valence-corrected chi connectivity index (χ3v) is 7.07. The van der Waals surface area contributed by atoms with E-state index in [-0.39, 0.29) is 11.8 Å². The van der Waals surface area contributed by atoms with Crippen molar-refractivity contribution >= 4 is 28.0 Å². The van der Waals surface area contributed by atoms with E-state index in [0.717, 1.165) is 59.1 Å². The van der Waals surface area contributed by atoms with Crippen LogP contribution in [0.2, 0.25) is 0 Å². The molecule has 1 amide bonds. The quantitative estimate of drug-likeness (QED) is 0.459. The Morgan fingerprint density at radius 2 is 2.00 bits per heavy atom. The minimum absolute atomic E-state index is 0.0318. The van der Waals surface area contributed by atoms with Crippen LogP contribution in [0.25, 0.3) is 22.4 Å². The van der Waals surface area contributed by atoms with Crippen LogP contribution >= 0.6 is 11.3 Å². The highest BCUT2D eigenvalue weighted by atomic mass is 32.1. The molecule has 3 heterocycles. The van der Waals surface area contributed by atoms with Crippen molar-refractivity contribution in [3.05, 3.63) is 64.3 Å². The molecule has 0 bridgehead atoms. The SMILES string of the molecule is Cc1csc(C(=O)NCC2CCC(c3nnc(-c4nccc5ccccc45)o3)CC2)c1. The molecule has 1 N–H and O–H groups in total. The summed E-state index contributed by atoms with van der Waals surface area (Å²) in [4.78, 5) is 17.5. The summed E-state index contributed by atoms with van der Waals surface area (Å²) in [6.45, 7) is 2.73. The summed E-state index contributed by atoms with van der Waals surface area (Å²) in [5, 5.41) is 15.8. The Labute approximate surface area is 184 Å². The molecule has 5 rings (SSSR count). The average Bonchev–Trinajstić information content (AvgIpc) is 3.47. The van der Waals surface area contributed by atoms with Crippen LogP contribution in [0.4, 0.5) is 0 Å². The molecule has 1 aromatic carbocycles. The number of aromatic nitrogens is 3. The van der Waals surface area contributed by atoms with Crippen LogP contribution in [0.5, 0.6) is 0 Å². The van der Waals surface area contributed by atoms with Crippen molar-refractivity contribution < 1.29 is 9.21 Å². The summed E-state index contributed by atoms with van der Waals surface area (Å²) >= 11 is 1.50. The fraction of sp³-hybridized carbons (Fsp3) is 0.333. The predicted octanol–water partition coefficient (Wildman–Crippen LogP) is 5.36. The molecule has 158 valence electrons. The number of nitrogens with zero attached hydrogens (tertiary/aromatic N) is 3. The van der Waals surface area contributed by atoms with Gasteiger partial charge in [0.15, 0.2) is 0 Å². The van der Waals surface area contributed by atoms with Crippen LogP contribution < -0.4 is 5.32 Å². The maximum absolute atomic E-state index is 12.3. The number of hydrogen-bond donors (Lipinski definition) is 1. The monoisotopic (exact) mass is 432 g/mol. The molecule has 3 aromatic heterocycles. The first kappa shape index (κ1) is 19.9. The smallest absolute Gasteiger partial charge is 0.266 e. The normalized spacial score (nSPS) is 18.9. The van der Waals surface area contributed by atoms with E-state index in [2.05, 4.69) is 26.6 Å². The van der Waals surface area contributed by atoms with Gasteiger partial charge in [-0.25, -0.2) is 0 Å². The Kier molecular flexibility index (Phi) is 5.51. The van der Waals surface area contributed by atoms with Crippen LogP contribution in [0, 0.1) is 12.8 Å². The van der Waals surface area contributed by atoms with E-state index in [0.29, 0.717) is 17.7 Å². The predicted molar refractivity (Wildman–Crippen MR) is 121 cm³/mol. The van der Waals surface area contributed by atoms with Crippen LogP contribution in [0.1, 0.15) is 52.7 Å². The highest BCUT2D eigenvalue weighted by molar-refractivity contribution is 7.12. The summed E-state index contributed by atoms with van der Waals surface area (Å²) in [5.74, 6) is 1.96. The molecule has 1 fully saturated rings. The van der Waals surface area contributed by atoms with Gasteiger partial charge in [0.2, 0.25) is 5.89 Å². The summed E-state index contributed by atoms with van der Waals surface area (Å²) in [7, 11) is 0. The Morgan fingerprint density at radius 1 is 1.16 bits per heavy atom. The highest BCUT2D eigenvalue weighted by Crippen LogP contribution is 2.36. The Morgan fingerprint density at radius 3 is 2.81 bits per heavy atom. The van der Waals surface area contributed by atoms with Gasteiger partial charge in [0.05, 0.1) is 4.88 Å². The van der Waals surface area contributed by atoms with E-state index in [1.54, 1.807) is 6.20 Å². The number of amides is 1. The van der Waals surface area contributed by atoms with Crippen molar-refractivity contribution in [3.8, 4) is 11.6 Å². The van der Waals surface area contributed by atoms with Gasteiger partial charge in [-0.15, -0.1) is 21.5 Å². The van der Waals surface area contributed by atoms with Gasteiger partial charge >= 0.3 is 0 Å². The zero-order chi connectivity index (χ0) is 21.2. The van der Waals surface area contributed by atoms with Crippen molar-refractivity contribution in [2.45, 2.75) is 38.5 Å². The number of carbonyl (C=O) groups is 1. The molecular formula is C24H24N4O2S. The minimum Gasteiger partial charge on any atom is -0.419 e. The second kappa shape index (κ2) is 8.59. The number of benzene rings is 1. The number of aryl methyl sites for hydroxylation is 1.